The van der Waals surface area contributed by atoms with Crippen LogP contribution in [0.1, 0.15) is 5.56 Å². The van der Waals surface area contributed by atoms with Gasteiger partial charge in [-0.15, -0.1) is 0 Å². The van der Waals surface area contributed by atoms with Crippen molar-refractivity contribution in [3.05, 3.63) is 48.0 Å². The fraction of sp³-hybridized carbons (Fsp3) is 0.167. The molecule has 0 unspecified atom stereocenters. The number of amides is 1. The number of nitrogens with one attached hydrogen (secondary N) is 1. The highest BCUT2D eigenvalue weighted by molar-refractivity contribution is 6.02. The zero-order valence-corrected chi connectivity index (χ0v) is 12.8. The molecular weight excluding hydrogens is 310 g/mol. The lowest BCUT2D eigenvalue weighted by molar-refractivity contribution is -0.111. The van der Waals surface area contributed by atoms with E-state index in [-0.39, 0.29) is 12.7 Å². The summed E-state index contributed by atoms with van der Waals surface area (Å²) in [4.78, 5) is 12.1. The molecule has 2 aliphatic heterocycles. The highest BCUT2D eigenvalue weighted by Gasteiger charge is 2.13. The van der Waals surface area contributed by atoms with Crippen LogP contribution in [-0.4, -0.2) is 25.9 Å². The normalized spacial score (nSPS) is 14.7. The van der Waals surface area contributed by atoms with E-state index >= 15 is 0 Å². The summed E-state index contributed by atoms with van der Waals surface area (Å²) in [5.41, 5.74) is 1.51. The first-order valence-corrected chi connectivity index (χ1v) is 7.56. The number of rotatable bonds is 3. The molecule has 0 bridgehead atoms. The molecule has 0 saturated carbocycles. The number of carbonyl (C=O) groups excluding carboxylic acids is 1. The minimum atomic E-state index is -0.232. The standard InChI is InChI=1S/C18H15NO5/c20-18(6-2-12-1-4-15-16(9-12)24-11-23-15)19-13-3-5-14-17(10-13)22-8-7-21-14/h1-6,9-10H,7-8,11H2,(H,19,20)/b6-2+. The zero-order chi connectivity index (χ0) is 16.4. The molecule has 4 rings (SSSR count). The fourth-order valence-corrected chi connectivity index (χ4v) is 2.49. The van der Waals surface area contributed by atoms with Gasteiger partial charge in [-0.05, 0) is 35.9 Å². The third-order valence-corrected chi connectivity index (χ3v) is 3.63. The lowest BCUT2D eigenvalue weighted by Crippen LogP contribution is -2.16. The summed E-state index contributed by atoms with van der Waals surface area (Å²) in [6.07, 6.45) is 3.18. The van der Waals surface area contributed by atoms with Gasteiger partial charge in [0.25, 0.3) is 0 Å². The molecule has 1 N–H and O–H groups in total. The van der Waals surface area contributed by atoms with Crippen LogP contribution in [0.3, 0.4) is 0 Å². The third kappa shape index (κ3) is 2.99. The molecule has 2 aromatic carbocycles. The average molecular weight is 325 g/mol. The molecule has 0 radical (unpaired) electrons. The van der Waals surface area contributed by atoms with Gasteiger partial charge in [-0.2, -0.15) is 0 Å². The van der Waals surface area contributed by atoms with E-state index in [1.54, 1.807) is 24.3 Å². The van der Waals surface area contributed by atoms with Crippen molar-refractivity contribution >= 4 is 17.7 Å². The van der Waals surface area contributed by atoms with Gasteiger partial charge >= 0.3 is 0 Å². The summed E-state index contributed by atoms with van der Waals surface area (Å²) >= 11 is 0. The molecule has 2 aromatic rings. The van der Waals surface area contributed by atoms with Crippen molar-refractivity contribution < 1.29 is 23.7 Å². The Morgan fingerprint density at radius 1 is 0.875 bits per heavy atom. The van der Waals surface area contributed by atoms with Crippen LogP contribution in [0.4, 0.5) is 5.69 Å². The molecule has 0 saturated heterocycles. The van der Waals surface area contributed by atoms with Gasteiger partial charge in [-0.1, -0.05) is 6.07 Å². The van der Waals surface area contributed by atoms with E-state index in [1.165, 1.54) is 6.08 Å². The van der Waals surface area contributed by atoms with Crippen LogP contribution in [0, 0.1) is 0 Å². The molecule has 6 heteroatoms. The van der Waals surface area contributed by atoms with E-state index in [9.17, 15) is 4.79 Å². The number of benzene rings is 2. The molecule has 24 heavy (non-hydrogen) atoms. The van der Waals surface area contributed by atoms with Crippen LogP contribution in [0.15, 0.2) is 42.5 Å². The Morgan fingerprint density at radius 3 is 2.50 bits per heavy atom. The quantitative estimate of drug-likeness (QED) is 0.879. The number of ether oxygens (including phenoxy) is 4. The lowest BCUT2D eigenvalue weighted by atomic mass is 10.2. The molecular formula is C18H15NO5. The van der Waals surface area contributed by atoms with Gasteiger partial charge in [0.1, 0.15) is 13.2 Å². The molecule has 0 fully saturated rings. The molecule has 0 aliphatic carbocycles. The van der Waals surface area contributed by atoms with Gasteiger partial charge in [0.2, 0.25) is 12.7 Å². The van der Waals surface area contributed by atoms with Gasteiger partial charge in [0.15, 0.2) is 23.0 Å². The maximum atomic E-state index is 12.1. The first kappa shape index (κ1) is 14.4. The number of hydrogen-bond acceptors (Lipinski definition) is 5. The van der Waals surface area contributed by atoms with Crippen molar-refractivity contribution in [3.63, 3.8) is 0 Å². The smallest absolute Gasteiger partial charge is 0.248 e. The van der Waals surface area contributed by atoms with Crippen LogP contribution in [-0.2, 0) is 4.79 Å². The maximum Gasteiger partial charge on any atom is 0.248 e. The summed E-state index contributed by atoms with van der Waals surface area (Å²) in [6, 6.07) is 10.8. The van der Waals surface area contributed by atoms with E-state index < -0.39 is 0 Å². The van der Waals surface area contributed by atoms with Crippen LogP contribution in [0.2, 0.25) is 0 Å². The number of fused-ring (bicyclic) bond motifs is 2. The van der Waals surface area contributed by atoms with Crippen molar-refractivity contribution in [2.24, 2.45) is 0 Å². The molecule has 2 heterocycles. The van der Waals surface area contributed by atoms with E-state index in [2.05, 4.69) is 5.32 Å². The predicted octanol–water partition coefficient (Wildman–Crippen LogP) is 2.84. The van der Waals surface area contributed by atoms with E-state index in [4.69, 9.17) is 18.9 Å². The molecule has 0 aromatic heterocycles. The van der Waals surface area contributed by atoms with Crippen LogP contribution in [0.25, 0.3) is 6.08 Å². The van der Waals surface area contributed by atoms with Gasteiger partial charge in [-0.3, -0.25) is 4.79 Å². The first-order valence-electron chi connectivity index (χ1n) is 7.56. The average Bonchev–Trinajstić information content (AvgIpc) is 3.07. The Labute approximate surface area is 138 Å². The molecule has 0 atom stereocenters. The van der Waals surface area contributed by atoms with Crippen LogP contribution < -0.4 is 24.3 Å². The van der Waals surface area contributed by atoms with Crippen LogP contribution >= 0.6 is 0 Å². The lowest BCUT2D eigenvalue weighted by Gasteiger charge is -2.18. The third-order valence-electron chi connectivity index (χ3n) is 3.63. The minimum Gasteiger partial charge on any atom is -0.486 e. The van der Waals surface area contributed by atoms with Gasteiger partial charge in [-0.25, -0.2) is 0 Å². The summed E-state index contributed by atoms with van der Waals surface area (Å²) in [6.45, 7) is 1.28. The van der Waals surface area contributed by atoms with Gasteiger partial charge in [0, 0.05) is 17.8 Å². The second-order valence-corrected chi connectivity index (χ2v) is 5.29. The van der Waals surface area contributed by atoms with Crippen molar-refractivity contribution in [2.45, 2.75) is 0 Å². The molecule has 2 aliphatic rings. The SMILES string of the molecule is O=C(/C=C/c1ccc2c(c1)OCO2)Nc1ccc2c(c1)OCCO2. The predicted molar refractivity (Wildman–Crippen MR) is 87.7 cm³/mol. The monoisotopic (exact) mass is 325 g/mol. The fourth-order valence-electron chi connectivity index (χ4n) is 2.49. The van der Waals surface area contributed by atoms with Gasteiger partial charge in [0.05, 0.1) is 0 Å². The van der Waals surface area contributed by atoms with E-state index in [1.807, 2.05) is 18.2 Å². The van der Waals surface area contributed by atoms with Gasteiger partial charge < -0.3 is 24.3 Å². The van der Waals surface area contributed by atoms with E-state index in [0.717, 1.165) is 5.56 Å². The molecule has 0 spiro atoms. The molecule has 6 nitrogen and oxygen atoms in total. The highest BCUT2D eigenvalue weighted by atomic mass is 16.7. The minimum absolute atomic E-state index is 0.229. The summed E-state index contributed by atoms with van der Waals surface area (Å²) < 4.78 is 21.5. The second kappa shape index (κ2) is 6.16. The first-order chi connectivity index (χ1) is 11.8. The largest absolute Gasteiger partial charge is 0.486 e. The Kier molecular flexibility index (Phi) is 3.70. The maximum absolute atomic E-state index is 12.1. The van der Waals surface area contributed by atoms with Crippen molar-refractivity contribution in [3.8, 4) is 23.0 Å². The Morgan fingerprint density at radius 2 is 1.58 bits per heavy atom. The molecule has 1 amide bonds. The Hall–Kier alpha value is -3.15. The number of hydrogen-bond donors (Lipinski definition) is 1. The Balaban J connectivity index is 1.43. The number of carbonyl (C=O) groups is 1. The van der Waals surface area contributed by atoms with Crippen molar-refractivity contribution in [2.75, 3.05) is 25.3 Å². The summed E-state index contributed by atoms with van der Waals surface area (Å²) in [5.74, 6) is 2.50. The summed E-state index contributed by atoms with van der Waals surface area (Å²) in [7, 11) is 0. The Bertz CT molecular complexity index is 815. The van der Waals surface area contributed by atoms with Crippen molar-refractivity contribution in [1.82, 2.24) is 0 Å². The second-order valence-electron chi connectivity index (χ2n) is 5.29. The zero-order valence-electron chi connectivity index (χ0n) is 12.8. The topological polar surface area (TPSA) is 66.0 Å². The van der Waals surface area contributed by atoms with Crippen molar-refractivity contribution in [1.29, 1.82) is 0 Å². The van der Waals surface area contributed by atoms with E-state index in [0.29, 0.717) is 41.9 Å². The highest BCUT2D eigenvalue weighted by Crippen LogP contribution is 2.33. The summed E-state index contributed by atoms with van der Waals surface area (Å²) in [5, 5.41) is 2.80. The van der Waals surface area contributed by atoms with Crippen LogP contribution in [0.5, 0.6) is 23.0 Å². The molecule has 122 valence electrons. The number of anilines is 1.